The van der Waals surface area contributed by atoms with Gasteiger partial charge in [0.15, 0.2) is 0 Å². The molecule has 0 unspecified atom stereocenters. The number of hydrogen-bond acceptors (Lipinski definition) is 4. The van der Waals surface area contributed by atoms with Crippen LogP contribution in [-0.4, -0.2) is 9.36 Å². The van der Waals surface area contributed by atoms with Crippen LogP contribution in [0.3, 0.4) is 0 Å². The lowest BCUT2D eigenvalue weighted by Crippen LogP contribution is -2.02. The Kier molecular flexibility index (Phi) is 4.09. The molecule has 17 heavy (non-hydrogen) atoms. The van der Waals surface area contributed by atoms with Crippen molar-refractivity contribution in [3.8, 4) is 0 Å². The van der Waals surface area contributed by atoms with Crippen molar-refractivity contribution < 1.29 is 0 Å². The van der Waals surface area contributed by atoms with Crippen molar-refractivity contribution in [2.24, 2.45) is 0 Å². The second-order valence-electron chi connectivity index (χ2n) is 3.85. The summed E-state index contributed by atoms with van der Waals surface area (Å²) in [6.45, 7) is 5.07. The predicted molar refractivity (Wildman–Crippen MR) is 72.4 cm³/mol. The number of rotatable bonds is 5. The Bertz CT molecular complexity index is 479. The lowest BCUT2D eigenvalue weighted by atomic mass is 10.1. The highest BCUT2D eigenvalue weighted by atomic mass is 32.1. The maximum Gasteiger partial charge on any atom is 0.202 e. The van der Waals surface area contributed by atoms with Crippen molar-refractivity contribution in [2.75, 3.05) is 5.32 Å². The first-order chi connectivity index (χ1) is 8.33. The van der Waals surface area contributed by atoms with Gasteiger partial charge in [0.2, 0.25) is 5.13 Å². The Hall–Kier alpha value is -1.42. The molecule has 0 saturated heterocycles. The van der Waals surface area contributed by atoms with Gasteiger partial charge in [-0.2, -0.15) is 4.37 Å². The zero-order valence-corrected chi connectivity index (χ0v) is 11.0. The fourth-order valence-electron chi connectivity index (χ4n) is 1.72. The summed E-state index contributed by atoms with van der Waals surface area (Å²) in [5.74, 6) is 0.918. The molecule has 0 fully saturated rings. The molecule has 1 N–H and O–H groups in total. The first-order valence-electron chi connectivity index (χ1n) is 5.96. The van der Waals surface area contributed by atoms with Gasteiger partial charge in [-0.1, -0.05) is 38.1 Å². The lowest BCUT2D eigenvalue weighted by Gasteiger charge is -2.07. The molecule has 0 bridgehead atoms. The molecule has 0 amide bonds. The summed E-state index contributed by atoms with van der Waals surface area (Å²) in [4.78, 5) is 4.40. The number of nitrogens with one attached hydrogen (secondary N) is 1. The number of hydrogen-bond donors (Lipinski definition) is 1. The highest BCUT2D eigenvalue weighted by Gasteiger charge is 2.03. The molecule has 0 aliphatic heterocycles. The van der Waals surface area contributed by atoms with Gasteiger partial charge < -0.3 is 5.32 Å². The zero-order valence-electron chi connectivity index (χ0n) is 10.2. The van der Waals surface area contributed by atoms with E-state index in [1.165, 1.54) is 22.7 Å². The quantitative estimate of drug-likeness (QED) is 0.881. The summed E-state index contributed by atoms with van der Waals surface area (Å²) in [5, 5.41) is 4.25. The minimum absolute atomic E-state index is 0.822. The third-order valence-corrected chi connectivity index (χ3v) is 3.42. The van der Waals surface area contributed by atoms with Crippen molar-refractivity contribution in [2.45, 2.75) is 33.2 Å². The van der Waals surface area contributed by atoms with Crippen LogP contribution in [0.15, 0.2) is 24.3 Å². The van der Waals surface area contributed by atoms with Crippen molar-refractivity contribution >= 4 is 16.7 Å². The fourth-order valence-corrected chi connectivity index (χ4v) is 2.36. The van der Waals surface area contributed by atoms with E-state index in [9.17, 15) is 0 Å². The lowest BCUT2D eigenvalue weighted by molar-refractivity contribution is 0.987. The topological polar surface area (TPSA) is 37.8 Å². The second kappa shape index (κ2) is 5.77. The molecule has 0 spiro atoms. The molecular formula is C13H17N3S. The average molecular weight is 247 g/mol. The standard InChI is InChI=1S/C13H17N3S/c1-3-10-7-5-6-8-11(10)9-14-13-15-12(4-2)16-17-13/h5-8H,3-4,9H2,1-2H3,(H,14,15,16). The van der Waals surface area contributed by atoms with Crippen LogP contribution in [-0.2, 0) is 19.4 Å². The molecule has 1 heterocycles. The van der Waals surface area contributed by atoms with Crippen molar-refractivity contribution in [3.63, 3.8) is 0 Å². The zero-order chi connectivity index (χ0) is 12.1. The number of aromatic nitrogens is 2. The Morgan fingerprint density at radius 1 is 1.12 bits per heavy atom. The smallest absolute Gasteiger partial charge is 0.202 e. The molecule has 0 radical (unpaired) electrons. The minimum Gasteiger partial charge on any atom is -0.356 e. The summed E-state index contributed by atoms with van der Waals surface area (Å²) in [5.41, 5.74) is 2.73. The monoisotopic (exact) mass is 247 g/mol. The molecule has 2 aromatic rings. The van der Waals surface area contributed by atoms with Crippen LogP contribution in [0.25, 0.3) is 0 Å². The number of aryl methyl sites for hydroxylation is 2. The molecular weight excluding hydrogens is 230 g/mol. The summed E-state index contributed by atoms with van der Waals surface area (Å²) in [6.07, 6.45) is 1.96. The molecule has 4 heteroatoms. The van der Waals surface area contributed by atoms with Crippen LogP contribution < -0.4 is 5.32 Å². The van der Waals surface area contributed by atoms with Gasteiger partial charge in [0, 0.05) is 24.5 Å². The summed E-state index contributed by atoms with van der Waals surface area (Å²) in [6, 6.07) is 8.50. The number of nitrogens with zero attached hydrogens (tertiary/aromatic N) is 2. The van der Waals surface area contributed by atoms with Crippen LogP contribution in [0.4, 0.5) is 5.13 Å². The first-order valence-corrected chi connectivity index (χ1v) is 6.74. The van der Waals surface area contributed by atoms with Crippen LogP contribution in [0.2, 0.25) is 0 Å². The van der Waals surface area contributed by atoms with Gasteiger partial charge in [0.25, 0.3) is 0 Å². The van der Waals surface area contributed by atoms with Crippen LogP contribution in [0, 0.1) is 0 Å². The van der Waals surface area contributed by atoms with E-state index in [-0.39, 0.29) is 0 Å². The van der Waals surface area contributed by atoms with E-state index in [2.05, 4.69) is 52.8 Å². The normalized spacial score (nSPS) is 10.5. The Morgan fingerprint density at radius 2 is 1.88 bits per heavy atom. The van der Waals surface area contributed by atoms with E-state index >= 15 is 0 Å². The van der Waals surface area contributed by atoms with Crippen molar-refractivity contribution in [3.05, 3.63) is 41.2 Å². The number of anilines is 1. The molecule has 1 aromatic carbocycles. The van der Waals surface area contributed by atoms with Crippen molar-refractivity contribution in [1.29, 1.82) is 0 Å². The second-order valence-corrected chi connectivity index (χ2v) is 4.60. The molecule has 0 atom stereocenters. The van der Waals surface area contributed by atoms with E-state index < -0.39 is 0 Å². The third kappa shape index (κ3) is 3.03. The van der Waals surface area contributed by atoms with E-state index in [4.69, 9.17) is 0 Å². The summed E-state index contributed by atoms with van der Waals surface area (Å²) >= 11 is 1.43. The molecule has 0 saturated carbocycles. The maximum atomic E-state index is 4.40. The highest BCUT2D eigenvalue weighted by Crippen LogP contribution is 2.15. The van der Waals surface area contributed by atoms with E-state index in [1.54, 1.807) is 0 Å². The van der Waals surface area contributed by atoms with Gasteiger partial charge in [-0.05, 0) is 17.5 Å². The van der Waals surface area contributed by atoms with E-state index in [0.29, 0.717) is 0 Å². The van der Waals surface area contributed by atoms with Gasteiger partial charge in [-0.3, -0.25) is 0 Å². The first kappa shape index (κ1) is 12.0. The number of benzene rings is 1. The molecule has 0 aliphatic rings. The molecule has 0 aliphatic carbocycles. The van der Waals surface area contributed by atoms with Gasteiger partial charge in [-0.15, -0.1) is 0 Å². The molecule has 90 valence electrons. The Balaban J connectivity index is 2.01. The van der Waals surface area contributed by atoms with Gasteiger partial charge in [0.05, 0.1) is 0 Å². The van der Waals surface area contributed by atoms with Gasteiger partial charge in [-0.25, -0.2) is 4.98 Å². The van der Waals surface area contributed by atoms with Crippen LogP contribution in [0.1, 0.15) is 30.8 Å². The maximum absolute atomic E-state index is 4.40. The summed E-state index contributed by atoms with van der Waals surface area (Å²) in [7, 11) is 0. The van der Waals surface area contributed by atoms with Crippen molar-refractivity contribution in [1.82, 2.24) is 9.36 Å². The SMILES string of the molecule is CCc1nsc(NCc2ccccc2CC)n1. The van der Waals surface area contributed by atoms with Crippen LogP contribution >= 0.6 is 11.5 Å². The summed E-state index contributed by atoms with van der Waals surface area (Å²) < 4.78 is 4.26. The highest BCUT2D eigenvalue weighted by molar-refractivity contribution is 7.09. The van der Waals surface area contributed by atoms with E-state index in [0.717, 1.165) is 30.3 Å². The largest absolute Gasteiger partial charge is 0.356 e. The molecule has 3 nitrogen and oxygen atoms in total. The molecule has 1 aromatic heterocycles. The van der Waals surface area contributed by atoms with Crippen LogP contribution in [0.5, 0.6) is 0 Å². The Labute approximate surface area is 106 Å². The molecule has 2 rings (SSSR count). The van der Waals surface area contributed by atoms with Gasteiger partial charge >= 0.3 is 0 Å². The Morgan fingerprint density at radius 3 is 2.53 bits per heavy atom. The van der Waals surface area contributed by atoms with E-state index in [1.807, 2.05) is 0 Å². The minimum atomic E-state index is 0.822. The average Bonchev–Trinajstić information content (AvgIpc) is 2.84. The van der Waals surface area contributed by atoms with Gasteiger partial charge in [0.1, 0.15) is 5.82 Å². The fraction of sp³-hybridized carbons (Fsp3) is 0.385. The third-order valence-electron chi connectivity index (χ3n) is 2.71. The predicted octanol–water partition coefficient (Wildman–Crippen LogP) is 3.28.